The molecule has 4 rings (SSSR count). The number of carbonyl (C=O) groups is 1. The molecule has 1 amide bonds. The van der Waals surface area contributed by atoms with Crippen LogP contribution in [0, 0.1) is 0 Å². The number of para-hydroxylation sites is 1. The molecule has 0 saturated carbocycles. The van der Waals surface area contributed by atoms with Gasteiger partial charge in [-0.05, 0) is 30.2 Å². The van der Waals surface area contributed by atoms with Crippen LogP contribution in [0.3, 0.4) is 0 Å². The van der Waals surface area contributed by atoms with Gasteiger partial charge in [0.25, 0.3) is 0 Å². The number of ether oxygens (including phenoxy) is 1. The molecule has 2 aromatic carbocycles. The predicted molar refractivity (Wildman–Crippen MR) is 110 cm³/mol. The fourth-order valence-electron chi connectivity index (χ4n) is 4.43. The molecule has 1 unspecified atom stereocenters. The third-order valence-electron chi connectivity index (χ3n) is 6.03. The normalized spacial score (nSPS) is 21.2. The number of rotatable bonds is 4. The van der Waals surface area contributed by atoms with Crippen LogP contribution in [0.1, 0.15) is 37.2 Å². The number of fused-ring (bicyclic) bond motifs is 1. The highest BCUT2D eigenvalue weighted by molar-refractivity contribution is 7.89. The van der Waals surface area contributed by atoms with Crippen molar-refractivity contribution >= 4 is 15.9 Å². The van der Waals surface area contributed by atoms with Crippen molar-refractivity contribution in [3.63, 3.8) is 0 Å². The molecule has 1 fully saturated rings. The van der Waals surface area contributed by atoms with Crippen LogP contribution in [0.25, 0.3) is 0 Å². The molecule has 2 heterocycles. The van der Waals surface area contributed by atoms with E-state index in [1.165, 1.54) is 0 Å². The lowest BCUT2D eigenvalue weighted by atomic mass is 9.76. The van der Waals surface area contributed by atoms with Gasteiger partial charge in [-0.25, -0.2) is 8.42 Å². The predicted octanol–water partition coefficient (Wildman–Crippen LogP) is 2.91. The SMILES string of the molecule is CNC(=O)CC1CC2(CCN(S(=O)(=O)c3ccccc3)CC2)Oc2ccccc21. The second-order valence-corrected chi connectivity index (χ2v) is 9.76. The Morgan fingerprint density at radius 3 is 2.45 bits per heavy atom. The largest absolute Gasteiger partial charge is 0.487 e. The number of sulfonamides is 1. The van der Waals surface area contributed by atoms with Gasteiger partial charge in [0.05, 0.1) is 4.90 Å². The van der Waals surface area contributed by atoms with Crippen LogP contribution in [-0.2, 0) is 14.8 Å². The molecule has 29 heavy (non-hydrogen) atoms. The van der Waals surface area contributed by atoms with E-state index in [1.54, 1.807) is 35.6 Å². The molecule has 1 atom stereocenters. The summed E-state index contributed by atoms with van der Waals surface area (Å²) in [5, 5.41) is 2.71. The smallest absolute Gasteiger partial charge is 0.243 e. The summed E-state index contributed by atoms with van der Waals surface area (Å²) in [6, 6.07) is 16.4. The highest BCUT2D eigenvalue weighted by Gasteiger charge is 2.45. The van der Waals surface area contributed by atoms with Crippen LogP contribution >= 0.6 is 0 Å². The number of carbonyl (C=O) groups excluding carboxylic acids is 1. The summed E-state index contributed by atoms with van der Waals surface area (Å²) >= 11 is 0. The average Bonchev–Trinajstić information content (AvgIpc) is 2.74. The molecular weight excluding hydrogens is 388 g/mol. The van der Waals surface area contributed by atoms with E-state index >= 15 is 0 Å². The Hall–Kier alpha value is -2.38. The maximum absolute atomic E-state index is 12.9. The van der Waals surface area contributed by atoms with E-state index in [1.807, 2.05) is 30.3 Å². The van der Waals surface area contributed by atoms with Gasteiger partial charge in [-0.15, -0.1) is 0 Å². The molecule has 1 spiro atoms. The summed E-state index contributed by atoms with van der Waals surface area (Å²) in [6.45, 7) is 0.818. The molecule has 1 saturated heterocycles. The van der Waals surface area contributed by atoms with E-state index in [0.717, 1.165) is 17.7 Å². The van der Waals surface area contributed by atoms with Gasteiger partial charge < -0.3 is 10.1 Å². The zero-order valence-corrected chi connectivity index (χ0v) is 17.3. The first-order chi connectivity index (χ1) is 13.9. The molecule has 0 bridgehead atoms. The molecule has 6 nitrogen and oxygen atoms in total. The Morgan fingerprint density at radius 2 is 1.76 bits per heavy atom. The summed E-state index contributed by atoms with van der Waals surface area (Å²) in [7, 11) is -1.85. The molecular formula is C22H26N2O4S. The first kappa shape index (κ1) is 19.9. The van der Waals surface area contributed by atoms with E-state index in [9.17, 15) is 13.2 Å². The van der Waals surface area contributed by atoms with Crippen molar-refractivity contribution in [3.8, 4) is 5.75 Å². The van der Waals surface area contributed by atoms with E-state index in [0.29, 0.717) is 37.2 Å². The lowest BCUT2D eigenvalue weighted by Gasteiger charge is -2.46. The summed E-state index contributed by atoms with van der Waals surface area (Å²) in [5.41, 5.74) is 0.622. The van der Waals surface area contributed by atoms with E-state index in [2.05, 4.69) is 5.32 Å². The van der Waals surface area contributed by atoms with E-state index in [-0.39, 0.29) is 11.8 Å². The van der Waals surface area contributed by atoms with Gasteiger partial charge in [-0.2, -0.15) is 4.31 Å². The first-order valence-electron chi connectivity index (χ1n) is 9.97. The van der Waals surface area contributed by atoms with Crippen LogP contribution in [0.5, 0.6) is 5.75 Å². The van der Waals surface area contributed by atoms with Gasteiger partial charge in [0, 0.05) is 45.3 Å². The van der Waals surface area contributed by atoms with Crippen LogP contribution in [0.2, 0.25) is 0 Å². The topological polar surface area (TPSA) is 75.7 Å². The molecule has 1 N–H and O–H groups in total. The minimum Gasteiger partial charge on any atom is -0.487 e. The monoisotopic (exact) mass is 414 g/mol. The van der Waals surface area contributed by atoms with Crippen molar-refractivity contribution in [2.75, 3.05) is 20.1 Å². The molecule has 2 aliphatic rings. The fourth-order valence-corrected chi connectivity index (χ4v) is 5.90. The summed E-state index contributed by atoms with van der Waals surface area (Å²) < 4.78 is 33.8. The lowest BCUT2D eigenvalue weighted by Crippen LogP contribution is -2.52. The first-order valence-corrected chi connectivity index (χ1v) is 11.4. The zero-order valence-electron chi connectivity index (χ0n) is 16.5. The van der Waals surface area contributed by atoms with Crippen LogP contribution in [-0.4, -0.2) is 44.4 Å². The molecule has 2 aliphatic heterocycles. The number of amides is 1. The van der Waals surface area contributed by atoms with Gasteiger partial charge in [0.2, 0.25) is 15.9 Å². The number of piperidine rings is 1. The number of nitrogens with one attached hydrogen (secondary N) is 1. The van der Waals surface area contributed by atoms with Crippen molar-refractivity contribution in [1.82, 2.24) is 9.62 Å². The van der Waals surface area contributed by atoms with E-state index in [4.69, 9.17) is 4.74 Å². The second-order valence-electron chi connectivity index (χ2n) is 7.82. The molecule has 0 aliphatic carbocycles. The Labute approximate surface area is 171 Å². The van der Waals surface area contributed by atoms with Crippen molar-refractivity contribution in [3.05, 3.63) is 60.2 Å². The second kappa shape index (κ2) is 7.80. The number of nitrogens with zero attached hydrogens (tertiary/aromatic N) is 1. The average molecular weight is 415 g/mol. The number of hydrogen-bond donors (Lipinski definition) is 1. The standard InChI is InChI=1S/C22H26N2O4S/c1-23-21(25)15-17-16-22(28-20-10-6-5-9-19(17)20)11-13-24(14-12-22)29(26,27)18-7-3-2-4-8-18/h2-10,17H,11-16H2,1H3,(H,23,25). The maximum atomic E-state index is 12.9. The molecule has 2 aromatic rings. The van der Waals surface area contributed by atoms with Gasteiger partial charge in [-0.1, -0.05) is 36.4 Å². The van der Waals surface area contributed by atoms with Gasteiger partial charge in [-0.3, -0.25) is 4.79 Å². The molecule has 0 aromatic heterocycles. The van der Waals surface area contributed by atoms with Gasteiger partial charge >= 0.3 is 0 Å². The Bertz CT molecular complexity index is 983. The van der Waals surface area contributed by atoms with Crippen LogP contribution in [0.15, 0.2) is 59.5 Å². The lowest BCUT2D eigenvalue weighted by molar-refractivity contribution is -0.121. The third-order valence-corrected chi connectivity index (χ3v) is 7.94. The Balaban J connectivity index is 1.54. The maximum Gasteiger partial charge on any atom is 0.243 e. The van der Waals surface area contributed by atoms with Crippen molar-refractivity contribution in [2.45, 2.75) is 42.1 Å². The van der Waals surface area contributed by atoms with Crippen LogP contribution < -0.4 is 10.1 Å². The quantitative estimate of drug-likeness (QED) is 0.835. The number of benzene rings is 2. The minimum atomic E-state index is -3.50. The molecule has 154 valence electrons. The highest BCUT2D eigenvalue weighted by atomic mass is 32.2. The minimum absolute atomic E-state index is 0.00550. The van der Waals surface area contributed by atoms with E-state index < -0.39 is 15.6 Å². The van der Waals surface area contributed by atoms with Crippen molar-refractivity contribution in [2.24, 2.45) is 0 Å². The number of hydrogen-bond acceptors (Lipinski definition) is 4. The summed E-state index contributed by atoms with van der Waals surface area (Å²) in [6.07, 6.45) is 2.34. The Kier molecular flexibility index (Phi) is 5.36. The Morgan fingerprint density at radius 1 is 1.10 bits per heavy atom. The summed E-state index contributed by atoms with van der Waals surface area (Å²) in [4.78, 5) is 12.4. The zero-order chi connectivity index (χ0) is 20.5. The van der Waals surface area contributed by atoms with Gasteiger partial charge in [0.1, 0.15) is 11.4 Å². The molecule has 7 heteroatoms. The summed E-state index contributed by atoms with van der Waals surface area (Å²) in [5.74, 6) is 0.884. The third kappa shape index (κ3) is 3.89. The van der Waals surface area contributed by atoms with Crippen LogP contribution in [0.4, 0.5) is 0 Å². The van der Waals surface area contributed by atoms with Gasteiger partial charge in [0.15, 0.2) is 0 Å². The fraction of sp³-hybridized carbons (Fsp3) is 0.409. The molecule has 0 radical (unpaired) electrons. The van der Waals surface area contributed by atoms with Crippen molar-refractivity contribution in [1.29, 1.82) is 0 Å². The van der Waals surface area contributed by atoms with Crippen molar-refractivity contribution < 1.29 is 17.9 Å². The highest BCUT2D eigenvalue weighted by Crippen LogP contribution is 2.46.